The second-order valence-corrected chi connectivity index (χ2v) is 3.98. The van der Waals surface area contributed by atoms with E-state index in [4.69, 9.17) is 14.9 Å². The van der Waals surface area contributed by atoms with Crippen molar-refractivity contribution in [2.45, 2.75) is 25.3 Å². The van der Waals surface area contributed by atoms with Crippen LogP contribution in [0, 0.1) is 5.92 Å². The molecule has 2 heterocycles. The quantitative estimate of drug-likeness (QED) is 0.796. The molecule has 0 aliphatic carbocycles. The molecule has 1 aromatic heterocycles. The Morgan fingerprint density at radius 2 is 2.50 bits per heavy atom. The highest BCUT2D eigenvalue weighted by Crippen LogP contribution is 2.18. The molecule has 1 saturated heterocycles. The molecule has 1 aliphatic rings. The van der Waals surface area contributed by atoms with Gasteiger partial charge in [0.15, 0.2) is 0 Å². The van der Waals surface area contributed by atoms with Crippen LogP contribution in [-0.2, 0) is 11.2 Å². The summed E-state index contributed by atoms with van der Waals surface area (Å²) in [5.74, 6) is 0.513. The standard InChI is InChI=1S/C11H17NO2/c12-11(6-9-3-5-14-7-9)10-2-1-4-13-8-10/h3,5,7,10-11H,1-2,4,6,8,12H2. The van der Waals surface area contributed by atoms with E-state index in [0.717, 1.165) is 26.1 Å². The Morgan fingerprint density at radius 1 is 1.57 bits per heavy atom. The van der Waals surface area contributed by atoms with Crippen molar-refractivity contribution in [2.75, 3.05) is 13.2 Å². The Hall–Kier alpha value is -0.800. The maximum absolute atomic E-state index is 6.12. The average molecular weight is 195 g/mol. The molecule has 3 nitrogen and oxygen atoms in total. The highest BCUT2D eigenvalue weighted by Gasteiger charge is 2.21. The molecule has 0 radical (unpaired) electrons. The molecule has 1 fully saturated rings. The predicted molar refractivity (Wildman–Crippen MR) is 53.9 cm³/mol. The van der Waals surface area contributed by atoms with Crippen LogP contribution >= 0.6 is 0 Å². The Balaban J connectivity index is 1.85. The maximum Gasteiger partial charge on any atom is 0.0935 e. The Bertz CT molecular complexity index is 252. The molecule has 0 saturated carbocycles. The zero-order valence-corrected chi connectivity index (χ0v) is 8.32. The van der Waals surface area contributed by atoms with Crippen molar-refractivity contribution in [1.29, 1.82) is 0 Å². The van der Waals surface area contributed by atoms with E-state index < -0.39 is 0 Å². The number of hydrogen-bond donors (Lipinski definition) is 1. The van der Waals surface area contributed by atoms with Crippen molar-refractivity contribution >= 4 is 0 Å². The van der Waals surface area contributed by atoms with E-state index in [1.165, 1.54) is 12.0 Å². The first-order chi connectivity index (χ1) is 6.86. The van der Waals surface area contributed by atoms with Crippen molar-refractivity contribution in [2.24, 2.45) is 11.7 Å². The van der Waals surface area contributed by atoms with Crippen LogP contribution in [-0.4, -0.2) is 19.3 Å². The SMILES string of the molecule is NC(Cc1ccoc1)C1CCCOC1. The fourth-order valence-corrected chi connectivity index (χ4v) is 1.95. The molecule has 14 heavy (non-hydrogen) atoms. The van der Waals surface area contributed by atoms with Gasteiger partial charge in [-0.05, 0) is 36.8 Å². The summed E-state index contributed by atoms with van der Waals surface area (Å²) in [5, 5.41) is 0. The molecule has 3 heteroatoms. The van der Waals surface area contributed by atoms with Gasteiger partial charge in [-0.25, -0.2) is 0 Å². The number of hydrogen-bond acceptors (Lipinski definition) is 3. The molecule has 78 valence electrons. The summed E-state index contributed by atoms with van der Waals surface area (Å²) < 4.78 is 10.4. The highest BCUT2D eigenvalue weighted by molar-refractivity contribution is 5.07. The Labute approximate surface area is 84.2 Å². The molecule has 2 rings (SSSR count). The molecule has 0 amide bonds. The van der Waals surface area contributed by atoms with Crippen LogP contribution in [0.15, 0.2) is 23.0 Å². The van der Waals surface area contributed by atoms with Crippen LogP contribution in [0.4, 0.5) is 0 Å². The lowest BCUT2D eigenvalue weighted by molar-refractivity contribution is 0.0450. The third-order valence-electron chi connectivity index (χ3n) is 2.85. The van der Waals surface area contributed by atoms with Gasteiger partial charge in [-0.2, -0.15) is 0 Å². The monoisotopic (exact) mass is 195 g/mol. The number of nitrogens with two attached hydrogens (primary N) is 1. The normalized spacial score (nSPS) is 24.8. The topological polar surface area (TPSA) is 48.4 Å². The molecule has 2 atom stereocenters. The summed E-state index contributed by atoms with van der Waals surface area (Å²) in [4.78, 5) is 0. The van der Waals surface area contributed by atoms with Gasteiger partial charge in [-0.3, -0.25) is 0 Å². The summed E-state index contributed by atoms with van der Waals surface area (Å²) in [6, 6.07) is 2.18. The molecule has 1 aliphatic heterocycles. The first-order valence-electron chi connectivity index (χ1n) is 5.20. The van der Waals surface area contributed by atoms with Crippen molar-refractivity contribution in [3.05, 3.63) is 24.2 Å². The number of furan rings is 1. The van der Waals surface area contributed by atoms with Gasteiger partial charge >= 0.3 is 0 Å². The fourth-order valence-electron chi connectivity index (χ4n) is 1.95. The molecule has 0 bridgehead atoms. The van der Waals surface area contributed by atoms with Crippen LogP contribution < -0.4 is 5.73 Å². The first kappa shape index (κ1) is 9.74. The second kappa shape index (κ2) is 4.62. The van der Waals surface area contributed by atoms with Crippen LogP contribution in [0.3, 0.4) is 0 Å². The zero-order chi connectivity index (χ0) is 9.80. The molecular formula is C11H17NO2. The minimum absolute atomic E-state index is 0.202. The van der Waals surface area contributed by atoms with E-state index in [1.807, 2.05) is 6.07 Å². The van der Waals surface area contributed by atoms with E-state index in [9.17, 15) is 0 Å². The summed E-state index contributed by atoms with van der Waals surface area (Å²) in [5.41, 5.74) is 7.30. The molecule has 2 N–H and O–H groups in total. The van der Waals surface area contributed by atoms with Gasteiger partial charge in [0.25, 0.3) is 0 Å². The van der Waals surface area contributed by atoms with Crippen molar-refractivity contribution < 1.29 is 9.15 Å². The highest BCUT2D eigenvalue weighted by atomic mass is 16.5. The molecular weight excluding hydrogens is 178 g/mol. The lowest BCUT2D eigenvalue weighted by atomic mass is 9.91. The van der Waals surface area contributed by atoms with E-state index >= 15 is 0 Å². The van der Waals surface area contributed by atoms with Gasteiger partial charge in [0, 0.05) is 12.6 Å². The summed E-state index contributed by atoms with van der Waals surface area (Å²) in [7, 11) is 0. The summed E-state index contributed by atoms with van der Waals surface area (Å²) in [6.45, 7) is 1.72. The Kier molecular flexibility index (Phi) is 3.22. The molecule has 1 aromatic rings. The van der Waals surface area contributed by atoms with Gasteiger partial charge < -0.3 is 14.9 Å². The van der Waals surface area contributed by atoms with Gasteiger partial charge in [0.1, 0.15) is 0 Å². The molecule has 2 unspecified atom stereocenters. The molecule has 0 spiro atoms. The largest absolute Gasteiger partial charge is 0.472 e. The van der Waals surface area contributed by atoms with E-state index in [1.54, 1.807) is 12.5 Å². The predicted octanol–water partition coefficient (Wildman–Crippen LogP) is 1.58. The van der Waals surface area contributed by atoms with Crippen LogP contribution in [0.2, 0.25) is 0 Å². The summed E-state index contributed by atoms with van der Waals surface area (Å²) >= 11 is 0. The third-order valence-corrected chi connectivity index (χ3v) is 2.85. The van der Waals surface area contributed by atoms with Crippen LogP contribution in [0.25, 0.3) is 0 Å². The first-order valence-corrected chi connectivity index (χ1v) is 5.20. The van der Waals surface area contributed by atoms with Crippen molar-refractivity contribution in [1.82, 2.24) is 0 Å². The van der Waals surface area contributed by atoms with Gasteiger partial charge in [0.05, 0.1) is 19.1 Å². The van der Waals surface area contributed by atoms with E-state index in [0.29, 0.717) is 5.92 Å². The van der Waals surface area contributed by atoms with Crippen LogP contribution in [0.5, 0.6) is 0 Å². The third kappa shape index (κ3) is 2.36. The number of rotatable bonds is 3. The lowest BCUT2D eigenvalue weighted by Crippen LogP contribution is -2.37. The number of ether oxygens (including phenoxy) is 1. The summed E-state index contributed by atoms with van der Waals surface area (Å²) in [6.07, 6.45) is 6.69. The van der Waals surface area contributed by atoms with Crippen molar-refractivity contribution in [3.63, 3.8) is 0 Å². The van der Waals surface area contributed by atoms with Crippen molar-refractivity contribution in [3.8, 4) is 0 Å². The average Bonchev–Trinajstić information content (AvgIpc) is 2.72. The van der Waals surface area contributed by atoms with E-state index in [-0.39, 0.29) is 6.04 Å². The lowest BCUT2D eigenvalue weighted by Gasteiger charge is -2.27. The van der Waals surface area contributed by atoms with Gasteiger partial charge in [0.2, 0.25) is 0 Å². The van der Waals surface area contributed by atoms with E-state index in [2.05, 4.69) is 0 Å². The zero-order valence-electron chi connectivity index (χ0n) is 8.32. The minimum Gasteiger partial charge on any atom is -0.472 e. The second-order valence-electron chi connectivity index (χ2n) is 3.98. The Morgan fingerprint density at radius 3 is 3.14 bits per heavy atom. The van der Waals surface area contributed by atoms with Gasteiger partial charge in [-0.15, -0.1) is 0 Å². The minimum atomic E-state index is 0.202. The maximum atomic E-state index is 6.12. The smallest absolute Gasteiger partial charge is 0.0935 e. The van der Waals surface area contributed by atoms with Crippen LogP contribution in [0.1, 0.15) is 18.4 Å². The molecule has 0 aromatic carbocycles. The fraction of sp³-hybridized carbons (Fsp3) is 0.636. The van der Waals surface area contributed by atoms with Gasteiger partial charge in [-0.1, -0.05) is 0 Å².